The largest absolute Gasteiger partial charge is 0.481 e. The Kier molecular flexibility index (Phi) is 9.44. The second-order valence-corrected chi connectivity index (χ2v) is 9.75. The molecule has 4 rings (SSSR count). The van der Waals surface area contributed by atoms with E-state index in [0.29, 0.717) is 6.54 Å². The van der Waals surface area contributed by atoms with Crippen molar-refractivity contribution in [2.75, 3.05) is 20.2 Å². The van der Waals surface area contributed by atoms with Crippen molar-refractivity contribution in [2.24, 2.45) is 0 Å². The molecule has 0 fully saturated rings. The average molecular weight is 552 g/mol. The van der Waals surface area contributed by atoms with Gasteiger partial charge in [-0.1, -0.05) is 78.9 Å². The van der Waals surface area contributed by atoms with Gasteiger partial charge in [0, 0.05) is 19.0 Å². The zero-order valence-electron chi connectivity index (χ0n) is 21.9. The first kappa shape index (κ1) is 28.7. The van der Waals surface area contributed by atoms with Gasteiger partial charge in [0.15, 0.2) is 0 Å². The minimum absolute atomic E-state index is 0.00667. The fraction of sp³-hybridized carbons (Fsp3) is 0.300. The molecule has 210 valence electrons. The molecule has 0 bridgehead atoms. The summed E-state index contributed by atoms with van der Waals surface area (Å²) in [5.74, 6) is -2.61. The van der Waals surface area contributed by atoms with Crippen LogP contribution in [0.4, 0.5) is 13.6 Å². The Morgan fingerprint density at radius 2 is 1.48 bits per heavy atom. The fourth-order valence-corrected chi connectivity index (χ4v) is 4.92. The number of nitrogens with one attached hydrogen (secondary N) is 2. The molecule has 1 aliphatic carbocycles. The number of amides is 2. The van der Waals surface area contributed by atoms with Crippen molar-refractivity contribution in [1.82, 2.24) is 15.5 Å². The zero-order chi connectivity index (χ0) is 28.6. The summed E-state index contributed by atoms with van der Waals surface area (Å²) >= 11 is 0. The van der Waals surface area contributed by atoms with Crippen molar-refractivity contribution in [3.05, 3.63) is 95.6 Å². The SMILES string of the molecule is CN(Cc1ccccc1)CC(NC(=O)OCC1c2ccccc2-c2ccccc21)C(=O)NC(CC(=O)O)C(F)F. The monoisotopic (exact) mass is 551 g/mol. The molecule has 3 N–H and O–H groups in total. The number of benzene rings is 3. The Labute approximate surface area is 231 Å². The number of nitrogens with zero attached hydrogens (tertiary/aromatic N) is 1. The second kappa shape index (κ2) is 13.2. The van der Waals surface area contributed by atoms with Crippen LogP contribution in [0.2, 0.25) is 0 Å². The van der Waals surface area contributed by atoms with Crippen LogP contribution in [-0.2, 0) is 20.9 Å². The number of carboxylic acids is 1. The lowest BCUT2D eigenvalue weighted by molar-refractivity contribution is -0.139. The van der Waals surface area contributed by atoms with E-state index in [2.05, 4.69) is 10.6 Å². The number of carbonyl (C=O) groups excluding carboxylic acids is 2. The standard InChI is InChI=1S/C30H31F2N3O5/c1-35(16-19-9-3-2-4-10-19)17-26(29(38)33-25(28(31)32)15-27(36)37)34-30(39)40-18-24-22-13-7-5-11-20(22)21-12-6-8-14-23(21)24/h2-14,24-26,28H,15-18H2,1H3,(H,33,38)(H,34,39)(H,36,37). The Morgan fingerprint density at radius 3 is 2.05 bits per heavy atom. The molecule has 0 spiro atoms. The first-order chi connectivity index (χ1) is 19.2. The van der Waals surface area contributed by atoms with Gasteiger partial charge >= 0.3 is 12.1 Å². The van der Waals surface area contributed by atoms with E-state index >= 15 is 0 Å². The maximum Gasteiger partial charge on any atom is 0.407 e. The van der Waals surface area contributed by atoms with Crippen molar-refractivity contribution in [3.8, 4) is 11.1 Å². The van der Waals surface area contributed by atoms with Gasteiger partial charge in [0.2, 0.25) is 5.91 Å². The van der Waals surface area contributed by atoms with Gasteiger partial charge in [-0.15, -0.1) is 0 Å². The molecule has 40 heavy (non-hydrogen) atoms. The van der Waals surface area contributed by atoms with Crippen LogP contribution in [0.5, 0.6) is 0 Å². The normalized spacial score (nSPS) is 13.8. The van der Waals surface area contributed by atoms with Crippen molar-refractivity contribution >= 4 is 18.0 Å². The number of rotatable bonds is 12. The lowest BCUT2D eigenvalue weighted by atomic mass is 9.98. The second-order valence-electron chi connectivity index (χ2n) is 9.75. The van der Waals surface area contributed by atoms with E-state index in [9.17, 15) is 23.2 Å². The molecule has 10 heteroatoms. The van der Waals surface area contributed by atoms with Gasteiger partial charge in [0.25, 0.3) is 6.43 Å². The van der Waals surface area contributed by atoms with E-state index < -0.39 is 42.9 Å². The summed E-state index contributed by atoms with van der Waals surface area (Å²) in [6.45, 7) is 0.394. The number of carbonyl (C=O) groups is 3. The molecule has 0 aliphatic heterocycles. The maximum absolute atomic E-state index is 13.4. The van der Waals surface area contributed by atoms with Crippen molar-refractivity contribution in [3.63, 3.8) is 0 Å². The number of aliphatic carboxylic acids is 1. The molecule has 2 amide bonds. The van der Waals surface area contributed by atoms with Crippen LogP contribution in [0, 0.1) is 0 Å². The van der Waals surface area contributed by atoms with Gasteiger partial charge in [0.05, 0.1) is 6.42 Å². The van der Waals surface area contributed by atoms with Crippen molar-refractivity contribution in [1.29, 1.82) is 0 Å². The first-order valence-corrected chi connectivity index (χ1v) is 12.9. The molecule has 3 aromatic carbocycles. The number of hydrogen-bond acceptors (Lipinski definition) is 5. The van der Waals surface area contributed by atoms with Crippen LogP contribution in [0.1, 0.15) is 29.0 Å². The molecule has 8 nitrogen and oxygen atoms in total. The highest BCUT2D eigenvalue weighted by atomic mass is 19.3. The number of ether oxygens (including phenoxy) is 1. The van der Waals surface area contributed by atoms with Crippen LogP contribution in [0.3, 0.4) is 0 Å². The summed E-state index contributed by atoms with van der Waals surface area (Å²) in [7, 11) is 1.72. The van der Waals surface area contributed by atoms with Gasteiger partial charge in [-0.25, -0.2) is 13.6 Å². The first-order valence-electron chi connectivity index (χ1n) is 12.9. The van der Waals surface area contributed by atoms with Crippen LogP contribution in [0.25, 0.3) is 11.1 Å². The Bertz CT molecular complexity index is 1290. The molecule has 0 radical (unpaired) electrons. The van der Waals surface area contributed by atoms with Crippen LogP contribution < -0.4 is 10.6 Å². The van der Waals surface area contributed by atoms with Crippen LogP contribution in [-0.4, -0.2) is 66.7 Å². The highest BCUT2D eigenvalue weighted by molar-refractivity contribution is 5.86. The number of alkyl halides is 2. The van der Waals surface area contributed by atoms with E-state index in [-0.39, 0.29) is 19.1 Å². The minimum atomic E-state index is -3.10. The highest BCUT2D eigenvalue weighted by Crippen LogP contribution is 2.44. The third-order valence-electron chi connectivity index (χ3n) is 6.77. The summed E-state index contributed by atoms with van der Waals surface area (Å²) in [6.07, 6.45) is -4.94. The lowest BCUT2D eigenvalue weighted by Gasteiger charge is -2.26. The molecule has 0 aromatic heterocycles. The predicted octanol–water partition coefficient (Wildman–Crippen LogP) is 4.25. The summed E-state index contributed by atoms with van der Waals surface area (Å²) in [4.78, 5) is 38.7. The number of halogens is 2. The minimum Gasteiger partial charge on any atom is -0.481 e. The summed E-state index contributed by atoms with van der Waals surface area (Å²) in [6, 6.07) is 21.9. The molecule has 0 saturated carbocycles. The lowest BCUT2D eigenvalue weighted by Crippen LogP contribution is -2.55. The van der Waals surface area contributed by atoms with E-state index in [4.69, 9.17) is 9.84 Å². The molecule has 2 unspecified atom stereocenters. The Balaban J connectivity index is 1.45. The average Bonchev–Trinajstić information content (AvgIpc) is 3.25. The Hall–Kier alpha value is -4.31. The topological polar surface area (TPSA) is 108 Å². The summed E-state index contributed by atoms with van der Waals surface area (Å²) in [5, 5.41) is 13.5. The predicted molar refractivity (Wildman–Crippen MR) is 145 cm³/mol. The quantitative estimate of drug-likeness (QED) is 0.311. The van der Waals surface area contributed by atoms with Crippen LogP contribution >= 0.6 is 0 Å². The third kappa shape index (κ3) is 7.20. The van der Waals surface area contributed by atoms with Crippen molar-refractivity contribution in [2.45, 2.75) is 37.4 Å². The summed E-state index contributed by atoms with van der Waals surface area (Å²) < 4.78 is 32.4. The van der Waals surface area contributed by atoms with Gasteiger partial charge in [0.1, 0.15) is 18.7 Å². The molecule has 1 aliphatic rings. The molecule has 3 aromatic rings. The molecular weight excluding hydrogens is 520 g/mol. The molecule has 2 atom stereocenters. The van der Waals surface area contributed by atoms with Gasteiger partial charge in [-0.05, 0) is 34.9 Å². The third-order valence-corrected chi connectivity index (χ3v) is 6.77. The number of alkyl carbamates (subject to hydrolysis) is 1. The Morgan fingerprint density at radius 1 is 0.900 bits per heavy atom. The van der Waals surface area contributed by atoms with Gasteiger partial charge < -0.3 is 20.5 Å². The van der Waals surface area contributed by atoms with Crippen LogP contribution in [0.15, 0.2) is 78.9 Å². The maximum atomic E-state index is 13.4. The number of likely N-dealkylation sites (N-methyl/N-ethyl adjacent to an activating group) is 1. The molecular formula is C30H31F2N3O5. The van der Waals surface area contributed by atoms with E-state index in [1.165, 1.54) is 0 Å². The number of carboxylic acid groups (broad SMARTS) is 1. The number of hydrogen-bond donors (Lipinski definition) is 3. The molecule has 0 heterocycles. The van der Waals surface area contributed by atoms with E-state index in [0.717, 1.165) is 27.8 Å². The van der Waals surface area contributed by atoms with Gasteiger partial charge in [-0.2, -0.15) is 0 Å². The summed E-state index contributed by atoms with van der Waals surface area (Å²) in [5.41, 5.74) is 5.09. The van der Waals surface area contributed by atoms with Crippen molar-refractivity contribution < 1.29 is 33.0 Å². The fourth-order valence-electron chi connectivity index (χ4n) is 4.92. The van der Waals surface area contributed by atoms with E-state index in [1.807, 2.05) is 78.9 Å². The van der Waals surface area contributed by atoms with Gasteiger partial charge in [-0.3, -0.25) is 14.5 Å². The highest BCUT2D eigenvalue weighted by Gasteiger charge is 2.32. The molecule has 0 saturated heterocycles. The zero-order valence-corrected chi connectivity index (χ0v) is 21.9. The van der Waals surface area contributed by atoms with E-state index in [1.54, 1.807) is 11.9 Å². The number of fused-ring (bicyclic) bond motifs is 3. The smallest absolute Gasteiger partial charge is 0.407 e.